The minimum absolute atomic E-state index is 0.0399. The number of Topliss-reactive ketones (excluding diaryl/α,β-unsaturated/α-hetero) is 1. The van der Waals surface area contributed by atoms with E-state index in [2.05, 4.69) is 76.0 Å². The Balaban J connectivity index is 1.67. The van der Waals surface area contributed by atoms with Crippen LogP contribution >= 0.6 is 23.5 Å². The first-order valence-corrected chi connectivity index (χ1v) is 12.9. The summed E-state index contributed by atoms with van der Waals surface area (Å²) >= 11 is 3.86. The van der Waals surface area contributed by atoms with Crippen molar-refractivity contribution in [1.82, 2.24) is 0 Å². The van der Waals surface area contributed by atoms with Gasteiger partial charge in [-0.3, -0.25) is 4.79 Å². The predicted molar refractivity (Wildman–Crippen MR) is 121 cm³/mol. The lowest BCUT2D eigenvalue weighted by Gasteiger charge is -2.46. The first kappa shape index (κ1) is 20.8. The molecule has 0 amide bonds. The number of carbonyl (C=O) groups excluding carboxylic acids is 1. The van der Waals surface area contributed by atoms with Crippen molar-refractivity contribution in [1.29, 1.82) is 0 Å². The third kappa shape index (κ3) is 2.93. The molecule has 3 aliphatic carbocycles. The summed E-state index contributed by atoms with van der Waals surface area (Å²) in [6.07, 6.45) is 5.48. The Labute approximate surface area is 179 Å². The van der Waals surface area contributed by atoms with E-state index in [4.69, 9.17) is 4.74 Å². The van der Waals surface area contributed by atoms with Crippen molar-refractivity contribution in [2.75, 3.05) is 12.0 Å². The van der Waals surface area contributed by atoms with Gasteiger partial charge >= 0.3 is 0 Å². The largest absolute Gasteiger partial charge is 0.373 e. The number of hydrogen-bond donors (Lipinski definition) is 0. The number of benzene rings is 1. The Kier molecular flexibility index (Phi) is 5.46. The molecule has 1 aromatic carbocycles. The lowest BCUT2D eigenvalue weighted by molar-refractivity contribution is -0.119. The van der Waals surface area contributed by atoms with E-state index < -0.39 is 0 Å². The zero-order valence-corrected chi connectivity index (χ0v) is 19.5. The van der Waals surface area contributed by atoms with Gasteiger partial charge in [-0.05, 0) is 53.1 Å². The topological polar surface area (TPSA) is 26.3 Å². The molecule has 28 heavy (non-hydrogen) atoms. The number of hydrogen-bond acceptors (Lipinski definition) is 4. The summed E-state index contributed by atoms with van der Waals surface area (Å²) in [5, 5.41) is 0.144. The molecular weight excluding hydrogens is 384 g/mol. The van der Waals surface area contributed by atoms with Crippen LogP contribution in [-0.2, 0) is 16.1 Å². The molecule has 154 valence electrons. The second-order valence-electron chi connectivity index (χ2n) is 9.90. The van der Waals surface area contributed by atoms with Gasteiger partial charge in [0.05, 0.1) is 18.0 Å². The smallest absolute Gasteiger partial charge is 0.147 e. The highest BCUT2D eigenvalue weighted by molar-refractivity contribution is 8.04. The van der Waals surface area contributed by atoms with Crippen LogP contribution < -0.4 is 0 Å². The maximum atomic E-state index is 13.1. The van der Waals surface area contributed by atoms with Crippen LogP contribution in [0.25, 0.3) is 0 Å². The summed E-state index contributed by atoms with van der Waals surface area (Å²) in [6.45, 7) is 10.1. The van der Waals surface area contributed by atoms with Crippen LogP contribution in [-0.4, -0.2) is 33.9 Å². The van der Waals surface area contributed by atoms with E-state index in [1.807, 2.05) is 0 Å². The SMILES string of the molecule is CCS[C@@]12C[C@H]3CC(C)(C)[C@H](OCc4ccccc4)[C@H]3[C@]1(C)CC(=O)C2SC. The predicted octanol–water partition coefficient (Wildman–Crippen LogP) is 5.84. The van der Waals surface area contributed by atoms with Crippen LogP contribution in [0.3, 0.4) is 0 Å². The van der Waals surface area contributed by atoms with Gasteiger partial charge in [-0.25, -0.2) is 0 Å². The first-order valence-electron chi connectivity index (χ1n) is 10.6. The van der Waals surface area contributed by atoms with Gasteiger partial charge in [0, 0.05) is 11.2 Å². The van der Waals surface area contributed by atoms with Crippen LogP contribution in [0.15, 0.2) is 30.3 Å². The molecule has 0 aromatic heterocycles. The molecule has 4 heteroatoms. The van der Waals surface area contributed by atoms with Crippen LogP contribution in [0.5, 0.6) is 0 Å². The monoisotopic (exact) mass is 418 g/mol. The van der Waals surface area contributed by atoms with Crippen LogP contribution in [0.1, 0.15) is 52.5 Å². The molecule has 3 aliphatic rings. The van der Waals surface area contributed by atoms with Crippen molar-refractivity contribution >= 4 is 29.3 Å². The first-order chi connectivity index (χ1) is 13.3. The number of ether oxygens (including phenoxy) is 1. The second kappa shape index (κ2) is 7.35. The summed E-state index contributed by atoms with van der Waals surface area (Å²) in [4.78, 5) is 13.1. The Bertz CT molecular complexity index is 733. The van der Waals surface area contributed by atoms with E-state index in [1.54, 1.807) is 11.8 Å². The highest BCUT2D eigenvalue weighted by atomic mass is 32.2. The molecular formula is C24H34O2S2. The van der Waals surface area contributed by atoms with E-state index in [0.717, 1.165) is 12.2 Å². The molecule has 2 nitrogen and oxygen atoms in total. The van der Waals surface area contributed by atoms with Gasteiger partial charge in [-0.1, -0.05) is 58.0 Å². The summed E-state index contributed by atoms with van der Waals surface area (Å²) in [6, 6.07) is 10.5. The van der Waals surface area contributed by atoms with Gasteiger partial charge in [0.1, 0.15) is 5.78 Å². The van der Waals surface area contributed by atoms with Gasteiger partial charge in [-0.15, -0.1) is 0 Å². The molecule has 1 aromatic rings. The summed E-state index contributed by atoms with van der Waals surface area (Å²) in [7, 11) is 0. The standard InChI is InChI=1S/C24H34O2S2/c1-6-28-24-13-17-12-22(2,3)20(26-15-16-10-8-7-9-11-16)19(17)23(24,4)14-18(25)21(24)27-5/h7-11,17,19-21H,6,12-15H2,1-5H3/t17-,19+,20-,21?,23+,24-/m1/s1. The minimum atomic E-state index is 0.0399. The molecule has 1 unspecified atom stereocenters. The van der Waals surface area contributed by atoms with E-state index in [0.29, 0.717) is 24.2 Å². The Morgan fingerprint density at radius 2 is 1.86 bits per heavy atom. The number of ketones is 1. The molecule has 0 aliphatic heterocycles. The quantitative estimate of drug-likeness (QED) is 0.580. The molecule has 6 atom stereocenters. The number of thioether (sulfide) groups is 2. The summed E-state index contributed by atoms with van der Waals surface area (Å²) in [5.74, 6) is 2.70. The fraction of sp³-hybridized carbons (Fsp3) is 0.708. The zero-order valence-electron chi connectivity index (χ0n) is 17.9. The van der Waals surface area contributed by atoms with Gasteiger partial charge in [0.2, 0.25) is 0 Å². The zero-order chi connectivity index (χ0) is 20.2. The Morgan fingerprint density at radius 1 is 1.14 bits per heavy atom. The maximum Gasteiger partial charge on any atom is 0.147 e. The summed E-state index contributed by atoms with van der Waals surface area (Å²) in [5.41, 5.74) is 1.44. The second-order valence-corrected chi connectivity index (χ2v) is 12.4. The number of fused-ring (bicyclic) bond motifs is 3. The average Bonchev–Trinajstić information content (AvgIpc) is 3.10. The van der Waals surface area contributed by atoms with Crippen molar-refractivity contribution < 1.29 is 9.53 Å². The molecule has 3 saturated carbocycles. The third-order valence-corrected chi connectivity index (χ3v) is 10.8. The van der Waals surface area contributed by atoms with Crippen LogP contribution in [0, 0.1) is 22.7 Å². The normalized spacial score (nSPS) is 41.2. The molecule has 0 N–H and O–H groups in total. The average molecular weight is 419 g/mol. The molecule has 0 saturated heterocycles. The fourth-order valence-electron chi connectivity index (χ4n) is 6.97. The Hall–Kier alpha value is -0.450. The molecule has 0 heterocycles. The van der Waals surface area contributed by atoms with Gasteiger partial charge in [0.15, 0.2) is 0 Å². The van der Waals surface area contributed by atoms with Gasteiger partial charge in [-0.2, -0.15) is 23.5 Å². The lowest BCUT2D eigenvalue weighted by atomic mass is 9.70. The number of carbonyl (C=O) groups is 1. The molecule has 0 bridgehead atoms. The van der Waals surface area contributed by atoms with Gasteiger partial charge in [0.25, 0.3) is 0 Å². The van der Waals surface area contributed by atoms with Crippen LogP contribution in [0.2, 0.25) is 0 Å². The van der Waals surface area contributed by atoms with Crippen LogP contribution in [0.4, 0.5) is 0 Å². The highest BCUT2D eigenvalue weighted by Crippen LogP contribution is 2.73. The van der Waals surface area contributed by atoms with Gasteiger partial charge < -0.3 is 4.74 Å². The van der Waals surface area contributed by atoms with Crippen molar-refractivity contribution in [3.05, 3.63) is 35.9 Å². The summed E-state index contributed by atoms with van der Waals surface area (Å²) < 4.78 is 6.77. The molecule has 3 fully saturated rings. The third-order valence-electron chi connectivity index (χ3n) is 7.83. The highest BCUT2D eigenvalue weighted by Gasteiger charge is 2.74. The molecule has 0 radical (unpaired) electrons. The molecule has 4 rings (SSSR count). The van der Waals surface area contributed by atoms with Crippen molar-refractivity contribution in [2.45, 2.75) is 69.7 Å². The lowest BCUT2D eigenvalue weighted by Crippen LogP contribution is -2.48. The van der Waals surface area contributed by atoms with E-state index in [-0.39, 0.29) is 26.9 Å². The van der Waals surface area contributed by atoms with E-state index in [9.17, 15) is 4.79 Å². The number of rotatable bonds is 6. The maximum absolute atomic E-state index is 13.1. The van der Waals surface area contributed by atoms with E-state index >= 15 is 0 Å². The Morgan fingerprint density at radius 3 is 2.50 bits per heavy atom. The van der Waals surface area contributed by atoms with Crippen molar-refractivity contribution in [3.63, 3.8) is 0 Å². The minimum Gasteiger partial charge on any atom is -0.373 e. The fourth-order valence-corrected chi connectivity index (χ4v) is 10.2. The van der Waals surface area contributed by atoms with E-state index in [1.165, 1.54) is 18.4 Å². The van der Waals surface area contributed by atoms with Crippen molar-refractivity contribution in [2.24, 2.45) is 22.7 Å². The molecule has 0 spiro atoms. The van der Waals surface area contributed by atoms with Crippen molar-refractivity contribution in [3.8, 4) is 0 Å².